The topological polar surface area (TPSA) is 29.5 Å². The second-order valence-electron chi connectivity index (χ2n) is 8.85. The zero-order chi connectivity index (χ0) is 21.8. The van der Waals surface area contributed by atoms with Gasteiger partial charge in [0.2, 0.25) is 0 Å². The monoisotopic (exact) mass is 423 g/mol. The number of hydrogen-bond donors (Lipinski definition) is 0. The van der Waals surface area contributed by atoms with Crippen molar-refractivity contribution in [3.05, 3.63) is 114 Å². The quantitative estimate of drug-likeness (QED) is 0.465. The van der Waals surface area contributed by atoms with Gasteiger partial charge in [0.1, 0.15) is 12.6 Å². The largest absolute Gasteiger partial charge is 0.460 e. The van der Waals surface area contributed by atoms with Crippen LogP contribution in [0.1, 0.15) is 36.0 Å². The first-order valence-electron chi connectivity index (χ1n) is 11.5. The van der Waals surface area contributed by atoms with Crippen LogP contribution in [0.2, 0.25) is 0 Å². The molecule has 1 aliphatic carbocycles. The van der Waals surface area contributed by atoms with Crippen LogP contribution in [0.25, 0.3) is 5.57 Å². The van der Waals surface area contributed by atoms with E-state index in [-0.39, 0.29) is 18.1 Å². The lowest BCUT2D eigenvalue weighted by Crippen LogP contribution is -2.41. The SMILES string of the molecule is O=C(OCc1ccccc1)[C@@H]1C[C@H]2CCC(c3ccccc3)=C[C@@H]2N1Cc1ccccc1. The Hall–Kier alpha value is -3.17. The van der Waals surface area contributed by atoms with Gasteiger partial charge in [0.05, 0.1) is 0 Å². The molecule has 32 heavy (non-hydrogen) atoms. The molecule has 3 heteroatoms. The number of benzene rings is 3. The zero-order valence-electron chi connectivity index (χ0n) is 18.3. The highest BCUT2D eigenvalue weighted by Crippen LogP contribution is 2.42. The fourth-order valence-electron chi connectivity index (χ4n) is 5.15. The minimum atomic E-state index is -0.208. The van der Waals surface area contributed by atoms with Gasteiger partial charge in [0.15, 0.2) is 0 Å². The van der Waals surface area contributed by atoms with Crippen LogP contribution in [0.3, 0.4) is 0 Å². The lowest BCUT2D eigenvalue weighted by molar-refractivity contribution is -0.150. The average molecular weight is 424 g/mol. The number of carbonyl (C=O) groups excluding carboxylic acids is 1. The van der Waals surface area contributed by atoms with Gasteiger partial charge in [-0.15, -0.1) is 0 Å². The molecule has 0 aromatic heterocycles. The van der Waals surface area contributed by atoms with Crippen LogP contribution in [0.15, 0.2) is 97.1 Å². The summed E-state index contributed by atoms with van der Waals surface area (Å²) < 4.78 is 5.80. The smallest absolute Gasteiger partial charge is 0.323 e. The number of nitrogens with zero attached hydrogens (tertiary/aromatic N) is 1. The van der Waals surface area contributed by atoms with Gasteiger partial charge in [-0.2, -0.15) is 0 Å². The highest BCUT2D eigenvalue weighted by molar-refractivity contribution is 5.77. The van der Waals surface area contributed by atoms with Gasteiger partial charge in [0.25, 0.3) is 0 Å². The molecule has 0 amide bonds. The van der Waals surface area contributed by atoms with E-state index in [4.69, 9.17) is 4.74 Å². The Balaban J connectivity index is 1.39. The zero-order valence-corrected chi connectivity index (χ0v) is 18.3. The summed E-state index contributed by atoms with van der Waals surface area (Å²) >= 11 is 0. The Morgan fingerprint density at radius 3 is 2.16 bits per heavy atom. The number of likely N-dealkylation sites (tertiary alicyclic amines) is 1. The highest BCUT2D eigenvalue weighted by Gasteiger charge is 2.45. The third-order valence-electron chi connectivity index (χ3n) is 6.80. The fraction of sp³-hybridized carbons (Fsp3) is 0.276. The van der Waals surface area contributed by atoms with E-state index in [2.05, 4.69) is 65.6 Å². The summed E-state index contributed by atoms with van der Waals surface area (Å²) in [6.45, 7) is 1.08. The van der Waals surface area contributed by atoms with E-state index in [1.54, 1.807) is 0 Å². The summed E-state index contributed by atoms with van der Waals surface area (Å²) in [5, 5.41) is 0. The predicted octanol–water partition coefficient (Wildman–Crippen LogP) is 5.87. The van der Waals surface area contributed by atoms with Crippen molar-refractivity contribution in [3.8, 4) is 0 Å². The number of rotatable bonds is 6. The molecule has 1 saturated heterocycles. The summed E-state index contributed by atoms with van der Waals surface area (Å²) in [7, 11) is 0. The molecular formula is C29H29NO2. The number of allylic oxidation sites excluding steroid dienone is 1. The van der Waals surface area contributed by atoms with Crippen LogP contribution in [0.4, 0.5) is 0 Å². The molecule has 2 aliphatic rings. The molecule has 1 fully saturated rings. The Kier molecular flexibility index (Phi) is 6.17. The first-order chi connectivity index (χ1) is 15.8. The second kappa shape index (κ2) is 9.54. The van der Waals surface area contributed by atoms with Crippen molar-refractivity contribution in [2.45, 2.75) is 44.5 Å². The van der Waals surface area contributed by atoms with Crippen molar-refractivity contribution < 1.29 is 9.53 Å². The van der Waals surface area contributed by atoms with E-state index >= 15 is 0 Å². The van der Waals surface area contributed by atoms with Gasteiger partial charge in [-0.25, -0.2) is 0 Å². The molecule has 0 spiro atoms. The summed E-state index contributed by atoms with van der Waals surface area (Å²) in [6.07, 6.45) is 5.45. The van der Waals surface area contributed by atoms with E-state index < -0.39 is 0 Å². The molecule has 0 bridgehead atoms. The summed E-state index contributed by atoms with van der Waals surface area (Å²) in [6, 6.07) is 31.1. The van der Waals surface area contributed by atoms with Crippen LogP contribution in [-0.2, 0) is 22.7 Å². The summed E-state index contributed by atoms with van der Waals surface area (Å²) in [4.78, 5) is 15.6. The van der Waals surface area contributed by atoms with E-state index in [0.717, 1.165) is 31.4 Å². The molecule has 162 valence electrons. The number of ether oxygens (including phenoxy) is 1. The lowest BCUT2D eigenvalue weighted by Gasteiger charge is -2.32. The average Bonchev–Trinajstić information content (AvgIpc) is 3.22. The summed E-state index contributed by atoms with van der Waals surface area (Å²) in [5.74, 6) is 0.384. The van der Waals surface area contributed by atoms with E-state index in [1.165, 1.54) is 16.7 Å². The van der Waals surface area contributed by atoms with Crippen molar-refractivity contribution in [1.82, 2.24) is 4.90 Å². The fourth-order valence-corrected chi connectivity index (χ4v) is 5.15. The number of carbonyl (C=O) groups is 1. The molecule has 3 atom stereocenters. The lowest BCUT2D eigenvalue weighted by atomic mass is 9.83. The van der Waals surface area contributed by atoms with E-state index in [0.29, 0.717) is 12.5 Å². The standard InChI is InChI=1S/C29H29NO2/c31-29(32-21-23-12-6-2-7-13-23)28-19-26-17-16-25(24-14-8-3-9-15-24)18-27(26)30(28)20-22-10-4-1-5-11-22/h1-15,18,26-28H,16-17,19-21H2/t26-,27+,28+/m1/s1. The molecule has 5 rings (SSSR count). The van der Waals surface area contributed by atoms with Gasteiger partial charge in [0, 0.05) is 12.6 Å². The maximum absolute atomic E-state index is 13.2. The first kappa shape index (κ1) is 20.7. The first-order valence-corrected chi connectivity index (χ1v) is 11.5. The molecule has 1 aliphatic heterocycles. The van der Waals surface area contributed by atoms with Crippen LogP contribution in [0, 0.1) is 5.92 Å². The third-order valence-corrected chi connectivity index (χ3v) is 6.80. The molecular weight excluding hydrogens is 394 g/mol. The van der Waals surface area contributed by atoms with Gasteiger partial charge in [-0.05, 0) is 47.4 Å². The van der Waals surface area contributed by atoms with E-state index in [1.807, 2.05) is 36.4 Å². The minimum Gasteiger partial charge on any atom is -0.460 e. The van der Waals surface area contributed by atoms with Gasteiger partial charge in [-0.3, -0.25) is 9.69 Å². The Bertz CT molecular complexity index is 1060. The van der Waals surface area contributed by atoms with Crippen molar-refractivity contribution >= 4 is 11.5 Å². The highest BCUT2D eigenvalue weighted by atomic mass is 16.5. The van der Waals surface area contributed by atoms with Crippen LogP contribution in [-0.4, -0.2) is 23.0 Å². The van der Waals surface area contributed by atoms with Gasteiger partial charge >= 0.3 is 5.97 Å². The normalized spacial score (nSPS) is 22.8. The second-order valence-corrected chi connectivity index (χ2v) is 8.85. The van der Waals surface area contributed by atoms with Crippen LogP contribution >= 0.6 is 0 Å². The molecule has 0 saturated carbocycles. The molecule has 3 aromatic rings. The maximum atomic E-state index is 13.2. The molecule has 0 unspecified atom stereocenters. The molecule has 0 radical (unpaired) electrons. The molecule has 1 heterocycles. The Labute approximate surface area is 190 Å². The minimum absolute atomic E-state index is 0.103. The van der Waals surface area contributed by atoms with Crippen molar-refractivity contribution in [3.63, 3.8) is 0 Å². The van der Waals surface area contributed by atoms with Crippen molar-refractivity contribution in [2.24, 2.45) is 5.92 Å². The van der Waals surface area contributed by atoms with Crippen molar-refractivity contribution in [1.29, 1.82) is 0 Å². The molecule has 3 aromatic carbocycles. The number of hydrogen-bond acceptors (Lipinski definition) is 3. The number of esters is 1. The predicted molar refractivity (Wildman–Crippen MR) is 128 cm³/mol. The van der Waals surface area contributed by atoms with Crippen LogP contribution in [0.5, 0.6) is 0 Å². The summed E-state index contributed by atoms with van der Waals surface area (Å²) in [5.41, 5.74) is 4.94. The van der Waals surface area contributed by atoms with Gasteiger partial charge in [-0.1, -0.05) is 97.1 Å². The number of fused-ring (bicyclic) bond motifs is 1. The molecule has 0 N–H and O–H groups in total. The Morgan fingerprint density at radius 1 is 0.844 bits per heavy atom. The Morgan fingerprint density at radius 2 is 1.47 bits per heavy atom. The van der Waals surface area contributed by atoms with Crippen LogP contribution < -0.4 is 0 Å². The van der Waals surface area contributed by atoms with Gasteiger partial charge < -0.3 is 4.74 Å². The van der Waals surface area contributed by atoms with Crippen molar-refractivity contribution in [2.75, 3.05) is 0 Å². The maximum Gasteiger partial charge on any atom is 0.323 e. The van der Waals surface area contributed by atoms with E-state index in [9.17, 15) is 4.79 Å². The molecule has 3 nitrogen and oxygen atoms in total. The third kappa shape index (κ3) is 4.53.